The summed E-state index contributed by atoms with van der Waals surface area (Å²) in [4.78, 5) is 7.43. The molecule has 3 heterocycles. The second-order valence-corrected chi connectivity index (χ2v) is 9.79. The molecule has 2 aliphatic heterocycles. The van der Waals surface area contributed by atoms with Crippen molar-refractivity contribution in [3.63, 3.8) is 0 Å². The number of benzene rings is 1. The fraction of sp³-hybridized carbons (Fsp3) is 0.500. The number of sulfonamides is 1. The Kier molecular flexibility index (Phi) is 5.69. The summed E-state index contributed by atoms with van der Waals surface area (Å²) in [6, 6.07) is 11.0. The van der Waals surface area contributed by atoms with E-state index in [1.165, 1.54) is 25.7 Å². The van der Waals surface area contributed by atoms with E-state index in [2.05, 4.69) is 11.0 Å². The van der Waals surface area contributed by atoms with Gasteiger partial charge in [-0.15, -0.1) is 0 Å². The van der Waals surface area contributed by atoms with Gasteiger partial charge in [-0.05, 0) is 50.8 Å². The van der Waals surface area contributed by atoms with Gasteiger partial charge >= 0.3 is 0 Å². The van der Waals surface area contributed by atoms with Crippen molar-refractivity contribution < 1.29 is 8.42 Å². The first kappa shape index (κ1) is 19.4. The Morgan fingerprint density at radius 2 is 1.64 bits per heavy atom. The topological polar surface area (TPSA) is 53.5 Å². The third-order valence-electron chi connectivity index (χ3n) is 5.91. The SMILES string of the molecule is Cc1ccc(S(=O)(=O)N2CCC[C@@H]2c2cccnc2N2CCCCCC2)cc1. The van der Waals surface area contributed by atoms with Gasteiger partial charge in [0.25, 0.3) is 0 Å². The lowest BCUT2D eigenvalue weighted by molar-refractivity contribution is 0.396. The maximum atomic E-state index is 13.4. The standard InChI is InChI=1S/C22H29N3O2S/c1-18-10-12-19(13-11-18)28(26,27)25-17-7-9-21(25)20-8-6-14-23-22(20)24-15-4-2-3-5-16-24/h6,8,10-14,21H,2-5,7,9,15-17H2,1H3/t21-/m1/s1. The maximum absolute atomic E-state index is 13.4. The molecule has 6 heteroatoms. The Bertz CT molecular complexity index is 904. The van der Waals surface area contributed by atoms with Crippen molar-refractivity contribution in [1.82, 2.24) is 9.29 Å². The van der Waals surface area contributed by atoms with E-state index in [1.54, 1.807) is 16.4 Å². The molecule has 0 bridgehead atoms. The molecule has 0 N–H and O–H groups in total. The van der Waals surface area contributed by atoms with Crippen LogP contribution in [0.5, 0.6) is 0 Å². The fourth-order valence-corrected chi connectivity index (χ4v) is 6.07. The first-order valence-corrected chi connectivity index (χ1v) is 11.8. The van der Waals surface area contributed by atoms with Gasteiger partial charge in [-0.1, -0.05) is 36.6 Å². The van der Waals surface area contributed by atoms with Crippen molar-refractivity contribution in [3.05, 3.63) is 53.7 Å². The van der Waals surface area contributed by atoms with E-state index in [1.807, 2.05) is 31.3 Å². The average molecular weight is 400 g/mol. The number of hydrogen-bond acceptors (Lipinski definition) is 4. The zero-order valence-corrected chi connectivity index (χ0v) is 17.4. The lowest BCUT2D eigenvalue weighted by Gasteiger charge is -2.30. The maximum Gasteiger partial charge on any atom is 0.243 e. The molecule has 1 atom stereocenters. The lowest BCUT2D eigenvalue weighted by atomic mass is 10.1. The lowest BCUT2D eigenvalue weighted by Crippen LogP contribution is -2.33. The summed E-state index contributed by atoms with van der Waals surface area (Å²) >= 11 is 0. The van der Waals surface area contributed by atoms with Crippen molar-refractivity contribution in [2.45, 2.75) is 56.4 Å². The molecule has 5 nitrogen and oxygen atoms in total. The predicted octanol–water partition coefficient (Wildman–Crippen LogP) is 4.30. The van der Waals surface area contributed by atoms with Gasteiger partial charge in [-0.2, -0.15) is 4.31 Å². The summed E-state index contributed by atoms with van der Waals surface area (Å²) in [5.41, 5.74) is 2.12. The van der Waals surface area contributed by atoms with E-state index in [0.29, 0.717) is 11.4 Å². The van der Waals surface area contributed by atoms with Gasteiger partial charge in [0, 0.05) is 31.4 Å². The number of rotatable bonds is 4. The van der Waals surface area contributed by atoms with E-state index >= 15 is 0 Å². The van der Waals surface area contributed by atoms with Crippen LogP contribution in [0.3, 0.4) is 0 Å². The van der Waals surface area contributed by atoms with Crippen LogP contribution < -0.4 is 4.90 Å². The first-order chi connectivity index (χ1) is 13.6. The van der Waals surface area contributed by atoms with Crippen molar-refractivity contribution in [2.24, 2.45) is 0 Å². The van der Waals surface area contributed by atoms with Crippen LogP contribution in [0.1, 0.15) is 55.7 Å². The van der Waals surface area contributed by atoms with Crippen LogP contribution in [0.4, 0.5) is 5.82 Å². The fourth-order valence-electron chi connectivity index (χ4n) is 4.40. The van der Waals surface area contributed by atoms with Crippen LogP contribution in [0.2, 0.25) is 0 Å². The highest BCUT2D eigenvalue weighted by Gasteiger charge is 2.38. The molecule has 1 aromatic heterocycles. The smallest absolute Gasteiger partial charge is 0.243 e. The van der Waals surface area contributed by atoms with Gasteiger partial charge in [0.1, 0.15) is 5.82 Å². The van der Waals surface area contributed by atoms with Crippen molar-refractivity contribution in [3.8, 4) is 0 Å². The van der Waals surface area contributed by atoms with Crippen LogP contribution in [0.25, 0.3) is 0 Å². The van der Waals surface area contributed by atoms with E-state index in [0.717, 1.165) is 42.9 Å². The Hall–Kier alpha value is -1.92. The van der Waals surface area contributed by atoms with Gasteiger partial charge < -0.3 is 4.90 Å². The quantitative estimate of drug-likeness (QED) is 0.769. The molecule has 0 spiro atoms. The van der Waals surface area contributed by atoms with Crippen LogP contribution in [0, 0.1) is 6.92 Å². The number of hydrogen-bond donors (Lipinski definition) is 0. The second-order valence-electron chi connectivity index (χ2n) is 7.90. The van der Waals surface area contributed by atoms with Crippen LogP contribution in [0.15, 0.2) is 47.5 Å². The molecule has 1 aromatic carbocycles. The zero-order valence-electron chi connectivity index (χ0n) is 16.5. The Labute approximate surface area is 168 Å². The molecular formula is C22H29N3O2S. The monoisotopic (exact) mass is 399 g/mol. The largest absolute Gasteiger partial charge is 0.356 e. The van der Waals surface area contributed by atoms with Gasteiger partial charge in [-0.25, -0.2) is 13.4 Å². The van der Waals surface area contributed by atoms with Crippen molar-refractivity contribution in [1.29, 1.82) is 0 Å². The van der Waals surface area contributed by atoms with E-state index in [-0.39, 0.29) is 6.04 Å². The Balaban J connectivity index is 1.68. The minimum Gasteiger partial charge on any atom is -0.356 e. The van der Waals surface area contributed by atoms with Gasteiger partial charge in [-0.3, -0.25) is 0 Å². The minimum atomic E-state index is -3.52. The first-order valence-electron chi connectivity index (χ1n) is 10.4. The molecule has 2 aliphatic rings. The molecule has 2 saturated heterocycles. The highest BCUT2D eigenvalue weighted by Crippen LogP contribution is 2.40. The molecule has 150 valence electrons. The third kappa shape index (κ3) is 3.80. The molecule has 2 aromatic rings. The number of aromatic nitrogens is 1. The van der Waals surface area contributed by atoms with Crippen molar-refractivity contribution in [2.75, 3.05) is 24.5 Å². The van der Waals surface area contributed by atoms with E-state index in [4.69, 9.17) is 4.98 Å². The van der Waals surface area contributed by atoms with Gasteiger partial charge in [0.2, 0.25) is 10.0 Å². The minimum absolute atomic E-state index is 0.141. The van der Waals surface area contributed by atoms with Crippen LogP contribution >= 0.6 is 0 Å². The zero-order chi connectivity index (χ0) is 19.6. The highest BCUT2D eigenvalue weighted by molar-refractivity contribution is 7.89. The molecule has 28 heavy (non-hydrogen) atoms. The van der Waals surface area contributed by atoms with Gasteiger partial charge in [0.15, 0.2) is 0 Å². The van der Waals surface area contributed by atoms with Gasteiger partial charge in [0.05, 0.1) is 10.9 Å². The molecular weight excluding hydrogens is 370 g/mol. The second kappa shape index (κ2) is 8.21. The summed E-state index contributed by atoms with van der Waals surface area (Å²) in [7, 11) is -3.52. The number of nitrogens with zero attached hydrogens (tertiary/aromatic N) is 3. The predicted molar refractivity (Wildman–Crippen MR) is 112 cm³/mol. The van der Waals surface area contributed by atoms with Crippen LogP contribution in [-0.2, 0) is 10.0 Å². The molecule has 0 aliphatic carbocycles. The number of aryl methyl sites for hydroxylation is 1. The normalized spacial score (nSPS) is 21.6. The molecule has 0 amide bonds. The summed E-state index contributed by atoms with van der Waals surface area (Å²) < 4.78 is 28.4. The summed E-state index contributed by atoms with van der Waals surface area (Å²) in [6.45, 7) is 4.54. The number of pyridine rings is 1. The Morgan fingerprint density at radius 1 is 0.929 bits per heavy atom. The summed E-state index contributed by atoms with van der Waals surface area (Å²) in [5, 5.41) is 0. The molecule has 0 radical (unpaired) electrons. The third-order valence-corrected chi connectivity index (χ3v) is 7.84. The van der Waals surface area contributed by atoms with E-state index in [9.17, 15) is 8.42 Å². The summed E-state index contributed by atoms with van der Waals surface area (Å²) in [6.07, 6.45) is 8.42. The molecule has 2 fully saturated rings. The molecule has 0 saturated carbocycles. The molecule has 0 unspecified atom stereocenters. The average Bonchev–Trinajstić information content (AvgIpc) is 3.05. The summed E-state index contributed by atoms with van der Waals surface area (Å²) in [5.74, 6) is 0.973. The Morgan fingerprint density at radius 3 is 2.36 bits per heavy atom. The van der Waals surface area contributed by atoms with Crippen molar-refractivity contribution >= 4 is 15.8 Å². The van der Waals surface area contributed by atoms with E-state index < -0.39 is 10.0 Å². The number of anilines is 1. The highest BCUT2D eigenvalue weighted by atomic mass is 32.2. The van der Waals surface area contributed by atoms with Crippen LogP contribution in [-0.4, -0.2) is 37.3 Å². The molecule has 4 rings (SSSR count).